The summed E-state index contributed by atoms with van der Waals surface area (Å²) in [6.45, 7) is 6.40. The van der Waals surface area contributed by atoms with Crippen molar-refractivity contribution in [1.82, 2.24) is 20.4 Å². The van der Waals surface area contributed by atoms with Crippen molar-refractivity contribution in [2.45, 2.75) is 38.3 Å². The molecule has 2 aliphatic heterocycles. The van der Waals surface area contributed by atoms with Crippen LogP contribution >= 0.6 is 24.0 Å². The predicted molar refractivity (Wildman–Crippen MR) is 125 cm³/mol. The molecule has 0 spiro atoms. The second-order valence-electron chi connectivity index (χ2n) is 8.04. The molecule has 1 aromatic rings. The van der Waals surface area contributed by atoms with Gasteiger partial charge in [-0.05, 0) is 62.9 Å². The van der Waals surface area contributed by atoms with Crippen molar-refractivity contribution in [1.29, 1.82) is 0 Å². The van der Waals surface area contributed by atoms with E-state index in [1.807, 2.05) is 19.2 Å². The second kappa shape index (κ2) is 11.9. The lowest BCUT2D eigenvalue weighted by Gasteiger charge is -2.34. The van der Waals surface area contributed by atoms with E-state index in [0.29, 0.717) is 12.0 Å². The van der Waals surface area contributed by atoms with Crippen molar-refractivity contribution >= 4 is 29.9 Å². The molecule has 7 heteroatoms. The van der Waals surface area contributed by atoms with Gasteiger partial charge in [0.05, 0.1) is 0 Å². The summed E-state index contributed by atoms with van der Waals surface area (Å²) >= 11 is 0. The monoisotopic (exact) mass is 503 g/mol. The molecule has 3 rings (SSSR count). The summed E-state index contributed by atoms with van der Waals surface area (Å²) in [7, 11) is 4.06. The fourth-order valence-corrected chi connectivity index (χ4v) is 4.15. The average molecular weight is 503 g/mol. The highest BCUT2D eigenvalue weighted by Crippen LogP contribution is 2.15. The highest BCUT2D eigenvalue weighted by Gasteiger charge is 2.21. The third kappa shape index (κ3) is 7.48. The lowest BCUT2D eigenvalue weighted by atomic mass is 9.98. The summed E-state index contributed by atoms with van der Waals surface area (Å²) in [6.07, 6.45) is 4.81. The van der Waals surface area contributed by atoms with Crippen LogP contribution in [0.5, 0.6) is 0 Å². The molecule has 28 heavy (non-hydrogen) atoms. The molecule has 1 unspecified atom stereocenters. The maximum Gasteiger partial charge on any atom is 0.191 e. The Hall–Kier alpha value is -0.930. The minimum Gasteiger partial charge on any atom is -0.356 e. The Morgan fingerprint density at radius 1 is 1.14 bits per heavy atom. The zero-order valence-electron chi connectivity index (χ0n) is 17.2. The molecule has 2 heterocycles. The Bertz CT molecular complexity index is 601. The molecule has 158 valence electrons. The van der Waals surface area contributed by atoms with Crippen molar-refractivity contribution in [3.05, 3.63) is 35.6 Å². The molecule has 2 aliphatic rings. The van der Waals surface area contributed by atoms with Crippen LogP contribution in [-0.2, 0) is 6.54 Å². The Balaban J connectivity index is 0.00000280. The van der Waals surface area contributed by atoms with Crippen molar-refractivity contribution in [2.24, 2.45) is 10.9 Å². The number of likely N-dealkylation sites (tertiary alicyclic amines) is 2. The number of nitrogens with zero attached hydrogens (tertiary/aromatic N) is 3. The highest BCUT2D eigenvalue weighted by molar-refractivity contribution is 14.0. The van der Waals surface area contributed by atoms with Crippen molar-refractivity contribution in [2.75, 3.05) is 46.8 Å². The molecular formula is C21H35FIN5. The Morgan fingerprint density at radius 2 is 1.86 bits per heavy atom. The van der Waals surface area contributed by atoms with Crippen molar-refractivity contribution in [3.63, 3.8) is 0 Å². The van der Waals surface area contributed by atoms with E-state index in [-0.39, 0.29) is 29.8 Å². The van der Waals surface area contributed by atoms with E-state index in [4.69, 9.17) is 0 Å². The highest BCUT2D eigenvalue weighted by atomic mass is 127. The summed E-state index contributed by atoms with van der Waals surface area (Å²) in [5.74, 6) is 1.47. The summed E-state index contributed by atoms with van der Waals surface area (Å²) in [5.41, 5.74) is 1.18. The molecule has 0 aliphatic carbocycles. The molecule has 1 aromatic carbocycles. The van der Waals surface area contributed by atoms with Crippen LogP contribution in [0.3, 0.4) is 0 Å². The van der Waals surface area contributed by atoms with Gasteiger partial charge in [0.2, 0.25) is 0 Å². The van der Waals surface area contributed by atoms with Crippen LogP contribution in [0.4, 0.5) is 4.39 Å². The van der Waals surface area contributed by atoms with E-state index < -0.39 is 0 Å². The quantitative estimate of drug-likeness (QED) is 0.369. The van der Waals surface area contributed by atoms with Crippen LogP contribution < -0.4 is 10.6 Å². The van der Waals surface area contributed by atoms with Crippen molar-refractivity contribution < 1.29 is 4.39 Å². The Labute approximate surface area is 186 Å². The van der Waals surface area contributed by atoms with Gasteiger partial charge in [-0.15, -0.1) is 24.0 Å². The van der Waals surface area contributed by atoms with Crippen LogP contribution in [0.1, 0.15) is 31.2 Å². The number of nitrogens with one attached hydrogen (secondary N) is 2. The van der Waals surface area contributed by atoms with Crippen LogP contribution in [0.2, 0.25) is 0 Å². The zero-order valence-corrected chi connectivity index (χ0v) is 19.5. The van der Waals surface area contributed by atoms with E-state index in [1.165, 1.54) is 31.5 Å². The predicted octanol–water partition coefficient (Wildman–Crippen LogP) is 2.91. The van der Waals surface area contributed by atoms with E-state index in [0.717, 1.165) is 45.0 Å². The van der Waals surface area contributed by atoms with Gasteiger partial charge in [-0.2, -0.15) is 0 Å². The molecule has 5 nitrogen and oxygen atoms in total. The lowest BCUT2D eigenvalue weighted by Crippen LogP contribution is -2.50. The van der Waals surface area contributed by atoms with E-state index in [2.05, 4.69) is 32.5 Å². The number of hydrogen-bond donors (Lipinski definition) is 2. The minimum atomic E-state index is -0.166. The van der Waals surface area contributed by atoms with Crippen LogP contribution in [-0.4, -0.2) is 68.6 Å². The van der Waals surface area contributed by atoms with Gasteiger partial charge in [0.25, 0.3) is 0 Å². The molecule has 0 radical (unpaired) electrons. The third-order valence-electron chi connectivity index (χ3n) is 5.75. The fourth-order valence-electron chi connectivity index (χ4n) is 4.15. The first-order chi connectivity index (χ1) is 13.1. The topological polar surface area (TPSA) is 42.9 Å². The molecule has 0 saturated carbocycles. The van der Waals surface area contributed by atoms with Crippen LogP contribution in [0.25, 0.3) is 0 Å². The average Bonchev–Trinajstić information content (AvgIpc) is 2.68. The minimum absolute atomic E-state index is 0. The van der Waals surface area contributed by atoms with Gasteiger partial charge in [0.1, 0.15) is 5.82 Å². The molecule has 0 amide bonds. The first-order valence-corrected chi connectivity index (χ1v) is 10.2. The normalized spacial score (nSPS) is 22.5. The van der Waals surface area contributed by atoms with Gasteiger partial charge in [-0.1, -0.05) is 12.1 Å². The first-order valence-electron chi connectivity index (χ1n) is 10.2. The third-order valence-corrected chi connectivity index (χ3v) is 5.75. The van der Waals surface area contributed by atoms with Gasteiger partial charge in [0.15, 0.2) is 5.96 Å². The molecule has 1 atom stereocenters. The van der Waals surface area contributed by atoms with Crippen LogP contribution in [0, 0.1) is 11.7 Å². The summed E-state index contributed by atoms with van der Waals surface area (Å²) in [4.78, 5) is 9.28. The molecular weight excluding hydrogens is 468 g/mol. The summed E-state index contributed by atoms with van der Waals surface area (Å²) in [5, 5.41) is 7.12. The number of guanidine groups is 1. The first kappa shape index (κ1) is 23.3. The number of halogens is 2. The maximum atomic E-state index is 13.0. The zero-order chi connectivity index (χ0) is 19.1. The number of hydrogen-bond acceptors (Lipinski definition) is 3. The van der Waals surface area contributed by atoms with Gasteiger partial charge in [-0.25, -0.2) is 4.39 Å². The largest absolute Gasteiger partial charge is 0.356 e. The number of piperidine rings is 2. The van der Waals surface area contributed by atoms with Gasteiger partial charge >= 0.3 is 0 Å². The fraction of sp³-hybridized carbons (Fsp3) is 0.667. The molecule has 2 N–H and O–H groups in total. The van der Waals surface area contributed by atoms with E-state index >= 15 is 0 Å². The summed E-state index contributed by atoms with van der Waals surface area (Å²) < 4.78 is 13.0. The Kier molecular flexibility index (Phi) is 9.94. The standard InChI is InChI=1S/C21H34FN5.HI/c1-23-21(24-14-18-4-3-11-26(2)15-18)25-20-9-12-27(13-10-20)16-17-5-7-19(22)8-6-17;/h5-8,18,20H,3-4,9-16H2,1-2H3,(H2,23,24,25);1H. The molecule has 2 saturated heterocycles. The molecule has 0 bridgehead atoms. The summed E-state index contributed by atoms with van der Waals surface area (Å²) in [6, 6.07) is 7.32. The molecule has 0 aromatic heterocycles. The molecule has 2 fully saturated rings. The second-order valence-corrected chi connectivity index (χ2v) is 8.04. The van der Waals surface area contributed by atoms with Crippen LogP contribution in [0.15, 0.2) is 29.3 Å². The van der Waals surface area contributed by atoms with Gasteiger partial charge < -0.3 is 15.5 Å². The lowest BCUT2D eigenvalue weighted by molar-refractivity contribution is 0.197. The van der Waals surface area contributed by atoms with Gasteiger partial charge in [-0.3, -0.25) is 9.89 Å². The van der Waals surface area contributed by atoms with Gasteiger partial charge in [0, 0.05) is 45.8 Å². The maximum absolute atomic E-state index is 13.0. The number of benzene rings is 1. The van der Waals surface area contributed by atoms with E-state index in [9.17, 15) is 4.39 Å². The van der Waals surface area contributed by atoms with Crippen molar-refractivity contribution in [3.8, 4) is 0 Å². The smallest absolute Gasteiger partial charge is 0.191 e. The van der Waals surface area contributed by atoms with E-state index in [1.54, 1.807) is 12.1 Å². The Morgan fingerprint density at radius 3 is 2.50 bits per heavy atom. The number of rotatable bonds is 5. The number of aliphatic imine (C=N–C) groups is 1. The SMILES string of the molecule is CN=C(NCC1CCCN(C)C1)NC1CCN(Cc2ccc(F)cc2)CC1.I.